The number of ether oxygens (including phenoxy) is 3. The molecule has 20 heavy (non-hydrogen) atoms. The first-order valence-corrected chi connectivity index (χ1v) is 7.26. The van der Waals surface area contributed by atoms with Gasteiger partial charge in [-0.25, -0.2) is 4.79 Å². The molecule has 1 aromatic rings. The number of hydrogen-bond donors (Lipinski definition) is 0. The molecule has 4 heteroatoms. The monoisotopic (exact) mass is 276 g/mol. The van der Waals surface area contributed by atoms with Crippen molar-refractivity contribution < 1.29 is 19.0 Å². The lowest BCUT2D eigenvalue weighted by atomic mass is 9.81. The minimum Gasteiger partial charge on any atom is -0.464 e. The van der Waals surface area contributed by atoms with E-state index in [1.165, 1.54) is 11.1 Å². The Hall–Kier alpha value is -1.39. The molecule has 1 fully saturated rings. The third kappa shape index (κ3) is 2.34. The van der Waals surface area contributed by atoms with Gasteiger partial charge < -0.3 is 14.2 Å². The molecule has 0 aromatic heterocycles. The van der Waals surface area contributed by atoms with Gasteiger partial charge in [-0.3, -0.25) is 0 Å². The van der Waals surface area contributed by atoms with Crippen molar-refractivity contribution in [2.24, 2.45) is 0 Å². The molecule has 2 heterocycles. The summed E-state index contributed by atoms with van der Waals surface area (Å²) in [6.07, 6.45) is 1.94. The van der Waals surface area contributed by atoms with Crippen LogP contribution in [0, 0.1) is 0 Å². The molecule has 1 saturated heterocycles. The smallest absolute Gasteiger partial charge is 0.335 e. The van der Waals surface area contributed by atoms with Crippen molar-refractivity contribution >= 4 is 5.97 Å². The molecule has 0 bridgehead atoms. The van der Waals surface area contributed by atoms with E-state index in [-0.39, 0.29) is 11.6 Å². The topological polar surface area (TPSA) is 44.8 Å². The lowest BCUT2D eigenvalue weighted by Gasteiger charge is -2.43. The van der Waals surface area contributed by atoms with Crippen molar-refractivity contribution in [3.8, 4) is 0 Å². The third-order valence-corrected chi connectivity index (χ3v) is 4.14. The molecule has 3 rings (SSSR count). The maximum atomic E-state index is 11.7. The van der Waals surface area contributed by atoms with E-state index < -0.39 is 6.10 Å². The Morgan fingerprint density at radius 3 is 3.05 bits per heavy atom. The van der Waals surface area contributed by atoms with Crippen LogP contribution >= 0.6 is 0 Å². The second kappa shape index (κ2) is 5.54. The maximum absolute atomic E-state index is 11.7. The number of rotatable bonds is 2. The molecule has 0 radical (unpaired) electrons. The van der Waals surface area contributed by atoms with E-state index in [2.05, 4.69) is 18.2 Å². The standard InChI is InChI=1S/C16H20O4/c1-2-18-15(17)14-7-9-16(11-19-14)13-6-4-3-5-12(13)8-10-20-16/h3-6,14H,2,7-11H2,1H3. The Kier molecular flexibility index (Phi) is 3.76. The van der Waals surface area contributed by atoms with Gasteiger partial charge in [0.05, 0.1) is 19.8 Å². The first-order chi connectivity index (χ1) is 9.75. The Morgan fingerprint density at radius 2 is 2.30 bits per heavy atom. The van der Waals surface area contributed by atoms with Crippen molar-refractivity contribution in [3.63, 3.8) is 0 Å². The van der Waals surface area contributed by atoms with Gasteiger partial charge in [0.1, 0.15) is 5.60 Å². The predicted octanol–water partition coefficient (Wildman–Crippen LogP) is 2.20. The Bertz CT molecular complexity index is 489. The molecular formula is C16H20O4. The average molecular weight is 276 g/mol. The summed E-state index contributed by atoms with van der Waals surface area (Å²) in [6, 6.07) is 8.36. The van der Waals surface area contributed by atoms with Gasteiger partial charge in [-0.05, 0) is 37.3 Å². The Morgan fingerprint density at radius 1 is 1.45 bits per heavy atom. The summed E-state index contributed by atoms with van der Waals surface area (Å²) in [5.41, 5.74) is 2.17. The van der Waals surface area contributed by atoms with E-state index in [0.717, 1.165) is 12.8 Å². The second-order valence-corrected chi connectivity index (χ2v) is 5.34. The summed E-state index contributed by atoms with van der Waals surface area (Å²) in [6.45, 7) is 3.34. The van der Waals surface area contributed by atoms with Crippen LogP contribution in [0.3, 0.4) is 0 Å². The summed E-state index contributed by atoms with van der Waals surface area (Å²) in [4.78, 5) is 11.7. The molecule has 1 aromatic carbocycles. The highest BCUT2D eigenvalue weighted by atomic mass is 16.6. The van der Waals surface area contributed by atoms with Crippen LogP contribution in [-0.2, 0) is 31.0 Å². The van der Waals surface area contributed by atoms with Gasteiger partial charge >= 0.3 is 5.97 Å². The van der Waals surface area contributed by atoms with Crippen LogP contribution in [0.15, 0.2) is 24.3 Å². The fraction of sp³-hybridized carbons (Fsp3) is 0.562. The lowest BCUT2D eigenvalue weighted by molar-refractivity contribution is -0.187. The minimum atomic E-state index is -0.446. The van der Waals surface area contributed by atoms with Gasteiger partial charge in [0, 0.05) is 0 Å². The zero-order valence-corrected chi connectivity index (χ0v) is 11.8. The van der Waals surface area contributed by atoms with Crippen LogP contribution in [0.25, 0.3) is 0 Å². The normalized spacial score (nSPS) is 28.9. The summed E-state index contributed by atoms with van der Waals surface area (Å²) >= 11 is 0. The highest BCUT2D eigenvalue weighted by molar-refractivity contribution is 5.74. The van der Waals surface area contributed by atoms with E-state index in [1.807, 2.05) is 13.0 Å². The fourth-order valence-electron chi connectivity index (χ4n) is 3.12. The number of hydrogen-bond acceptors (Lipinski definition) is 4. The Balaban J connectivity index is 1.76. The molecular weight excluding hydrogens is 256 g/mol. The molecule has 108 valence electrons. The molecule has 0 aliphatic carbocycles. The van der Waals surface area contributed by atoms with Gasteiger partial charge in [-0.2, -0.15) is 0 Å². The molecule has 2 atom stereocenters. The third-order valence-electron chi connectivity index (χ3n) is 4.14. The summed E-state index contributed by atoms with van der Waals surface area (Å²) < 4.78 is 16.8. The molecule has 1 spiro atoms. The summed E-state index contributed by atoms with van der Waals surface area (Å²) in [5.74, 6) is -0.258. The van der Waals surface area contributed by atoms with Gasteiger partial charge in [0.2, 0.25) is 0 Å². The van der Waals surface area contributed by atoms with E-state index in [9.17, 15) is 4.79 Å². The zero-order valence-electron chi connectivity index (χ0n) is 11.8. The molecule has 2 unspecified atom stereocenters. The van der Waals surface area contributed by atoms with E-state index in [0.29, 0.717) is 26.2 Å². The number of carbonyl (C=O) groups excluding carboxylic acids is 1. The van der Waals surface area contributed by atoms with Crippen LogP contribution in [-0.4, -0.2) is 31.9 Å². The largest absolute Gasteiger partial charge is 0.464 e. The van der Waals surface area contributed by atoms with E-state index in [4.69, 9.17) is 14.2 Å². The number of fused-ring (bicyclic) bond motifs is 2. The second-order valence-electron chi connectivity index (χ2n) is 5.34. The van der Waals surface area contributed by atoms with Crippen LogP contribution in [0.5, 0.6) is 0 Å². The lowest BCUT2D eigenvalue weighted by Crippen LogP contribution is -2.47. The first kappa shape index (κ1) is 13.6. The molecule has 2 aliphatic rings. The quantitative estimate of drug-likeness (QED) is 0.777. The van der Waals surface area contributed by atoms with Crippen molar-refractivity contribution in [1.29, 1.82) is 0 Å². The van der Waals surface area contributed by atoms with Gasteiger partial charge in [0.15, 0.2) is 6.10 Å². The molecule has 0 N–H and O–H groups in total. The predicted molar refractivity (Wildman–Crippen MR) is 73.4 cm³/mol. The molecule has 4 nitrogen and oxygen atoms in total. The summed E-state index contributed by atoms with van der Waals surface area (Å²) in [5, 5.41) is 0. The van der Waals surface area contributed by atoms with Crippen LogP contribution < -0.4 is 0 Å². The van der Waals surface area contributed by atoms with Crippen LogP contribution in [0.1, 0.15) is 30.9 Å². The molecule has 0 amide bonds. The van der Waals surface area contributed by atoms with Crippen LogP contribution in [0.4, 0.5) is 0 Å². The highest BCUT2D eigenvalue weighted by Gasteiger charge is 2.43. The molecule has 2 aliphatic heterocycles. The number of benzene rings is 1. The Labute approximate surface area is 119 Å². The van der Waals surface area contributed by atoms with Gasteiger partial charge in [0.25, 0.3) is 0 Å². The first-order valence-electron chi connectivity index (χ1n) is 7.26. The highest BCUT2D eigenvalue weighted by Crippen LogP contribution is 2.40. The van der Waals surface area contributed by atoms with E-state index in [1.54, 1.807) is 0 Å². The van der Waals surface area contributed by atoms with Crippen molar-refractivity contribution in [1.82, 2.24) is 0 Å². The van der Waals surface area contributed by atoms with Crippen molar-refractivity contribution in [2.75, 3.05) is 19.8 Å². The zero-order chi connectivity index (χ0) is 14.0. The minimum absolute atomic E-state index is 0.258. The number of carbonyl (C=O) groups is 1. The number of esters is 1. The SMILES string of the molecule is CCOC(=O)C1CCC2(CO1)OCCc1ccccc12. The maximum Gasteiger partial charge on any atom is 0.335 e. The average Bonchev–Trinajstić information content (AvgIpc) is 2.49. The summed E-state index contributed by atoms with van der Waals surface area (Å²) in [7, 11) is 0. The van der Waals surface area contributed by atoms with Crippen molar-refractivity contribution in [3.05, 3.63) is 35.4 Å². The van der Waals surface area contributed by atoms with Crippen LogP contribution in [0.2, 0.25) is 0 Å². The fourth-order valence-corrected chi connectivity index (χ4v) is 3.12. The van der Waals surface area contributed by atoms with Crippen molar-refractivity contribution in [2.45, 2.75) is 37.9 Å². The molecule has 0 saturated carbocycles. The van der Waals surface area contributed by atoms with E-state index >= 15 is 0 Å². The van der Waals surface area contributed by atoms with Gasteiger partial charge in [-0.15, -0.1) is 0 Å². The van der Waals surface area contributed by atoms with Gasteiger partial charge in [-0.1, -0.05) is 24.3 Å².